The second kappa shape index (κ2) is 4.91. The van der Waals surface area contributed by atoms with Crippen LogP contribution in [0.4, 0.5) is 0 Å². The van der Waals surface area contributed by atoms with Crippen LogP contribution in [0.1, 0.15) is 17.0 Å². The Morgan fingerprint density at radius 2 is 2.16 bits per heavy atom. The van der Waals surface area contributed by atoms with Crippen LogP contribution < -0.4 is 9.60 Å². The highest BCUT2D eigenvalue weighted by molar-refractivity contribution is 7.91. The summed E-state index contributed by atoms with van der Waals surface area (Å²) in [7, 11) is -1.89. The molecule has 0 fully saturated rings. The van der Waals surface area contributed by atoms with Gasteiger partial charge >= 0.3 is 4.87 Å². The number of nitrogens with zero attached hydrogens (tertiary/aromatic N) is 2. The number of aromatic amines is 1. The molecule has 0 aromatic carbocycles. The van der Waals surface area contributed by atoms with E-state index in [9.17, 15) is 13.2 Å². The van der Waals surface area contributed by atoms with Crippen LogP contribution in [0.5, 0.6) is 0 Å². The van der Waals surface area contributed by atoms with Gasteiger partial charge in [-0.2, -0.15) is 5.10 Å². The highest BCUT2D eigenvalue weighted by Crippen LogP contribution is 2.16. The summed E-state index contributed by atoms with van der Waals surface area (Å²) in [4.78, 5) is 13.2. The molecule has 0 unspecified atom stereocenters. The topological polar surface area (TPSA) is 96.8 Å². The molecule has 2 heterocycles. The molecule has 2 aromatic rings. The van der Waals surface area contributed by atoms with E-state index in [1.807, 2.05) is 6.92 Å². The van der Waals surface area contributed by atoms with Crippen molar-refractivity contribution >= 4 is 21.4 Å². The number of hydrogen-bond donors (Lipinski definition) is 2. The Morgan fingerprint density at radius 3 is 2.63 bits per heavy atom. The molecule has 2 rings (SSSR count). The Kier molecular flexibility index (Phi) is 3.61. The minimum Gasteiger partial charge on any atom is -0.315 e. The molecule has 0 bridgehead atoms. The largest absolute Gasteiger partial charge is 0.315 e. The molecular formula is C10H14N4O3S2. The van der Waals surface area contributed by atoms with Crippen molar-refractivity contribution in [2.24, 2.45) is 7.05 Å². The number of aryl methyl sites for hydroxylation is 2. The molecule has 7 nitrogen and oxygen atoms in total. The molecule has 0 saturated heterocycles. The van der Waals surface area contributed by atoms with E-state index in [1.54, 1.807) is 24.9 Å². The Labute approximate surface area is 114 Å². The van der Waals surface area contributed by atoms with Crippen LogP contribution in [-0.4, -0.2) is 23.2 Å². The summed E-state index contributed by atoms with van der Waals surface area (Å²) in [6.45, 7) is 3.56. The van der Waals surface area contributed by atoms with Crippen LogP contribution >= 0.6 is 11.3 Å². The van der Waals surface area contributed by atoms with Crippen molar-refractivity contribution in [3.63, 3.8) is 0 Å². The lowest BCUT2D eigenvalue weighted by molar-refractivity contribution is 0.582. The van der Waals surface area contributed by atoms with Crippen molar-refractivity contribution in [3.8, 4) is 0 Å². The highest BCUT2D eigenvalue weighted by Gasteiger charge is 2.20. The highest BCUT2D eigenvalue weighted by atomic mass is 32.2. The minimum atomic E-state index is -3.68. The Morgan fingerprint density at radius 1 is 1.47 bits per heavy atom. The number of hydrogen-bond acceptors (Lipinski definition) is 5. The minimum absolute atomic E-state index is 0.0269. The molecule has 0 aliphatic carbocycles. The smallest absolute Gasteiger partial charge is 0.305 e. The monoisotopic (exact) mass is 302 g/mol. The number of thiazole rings is 1. The lowest BCUT2D eigenvalue weighted by Crippen LogP contribution is -2.23. The molecule has 2 N–H and O–H groups in total. The van der Waals surface area contributed by atoms with E-state index in [-0.39, 0.29) is 15.6 Å². The second-order valence-corrected chi connectivity index (χ2v) is 7.08. The fourth-order valence-corrected chi connectivity index (χ4v) is 3.95. The van der Waals surface area contributed by atoms with E-state index in [0.29, 0.717) is 17.0 Å². The van der Waals surface area contributed by atoms with E-state index >= 15 is 0 Å². The van der Waals surface area contributed by atoms with Gasteiger partial charge < -0.3 is 4.98 Å². The van der Waals surface area contributed by atoms with Crippen molar-refractivity contribution in [1.29, 1.82) is 0 Å². The molecule has 0 aliphatic heterocycles. The molecule has 0 aliphatic rings. The van der Waals surface area contributed by atoms with Gasteiger partial charge in [0.1, 0.15) is 0 Å². The van der Waals surface area contributed by atoms with Crippen LogP contribution in [0.2, 0.25) is 0 Å². The summed E-state index contributed by atoms with van der Waals surface area (Å²) in [5.41, 5.74) is 2.04. The molecule has 0 spiro atoms. The van der Waals surface area contributed by atoms with Gasteiger partial charge in [-0.05, 0) is 13.8 Å². The average Bonchev–Trinajstić information content (AvgIpc) is 2.82. The van der Waals surface area contributed by atoms with Gasteiger partial charge in [-0.15, -0.1) is 0 Å². The van der Waals surface area contributed by atoms with E-state index < -0.39 is 10.0 Å². The SMILES string of the molecule is Cc1[nH]c(=O)sc1S(=O)(=O)NCc1cnn(C)c1C. The Bertz CT molecular complexity index is 754. The lowest BCUT2D eigenvalue weighted by Gasteiger charge is -2.05. The number of sulfonamides is 1. The summed E-state index contributed by atoms with van der Waals surface area (Å²) >= 11 is 0.683. The van der Waals surface area contributed by atoms with Crippen LogP contribution in [0.25, 0.3) is 0 Å². The third-order valence-corrected chi connectivity index (χ3v) is 5.82. The number of rotatable bonds is 4. The van der Waals surface area contributed by atoms with Crippen molar-refractivity contribution in [3.05, 3.63) is 32.8 Å². The first kappa shape index (κ1) is 14.0. The third kappa shape index (κ3) is 2.77. The molecular weight excluding hydrogens is 288 g/mol. The second-order valence-electron chi connectivity index (χ2n) is 4.13. The summed E-state index contributed by atoms with van der Waals surface area (Å²) in [5, 5.41) is 4.04. The maximum Gasteiger partial charge on any atom is 0.305 e. The normalized spacial score (nSPS) is 11.9. The molecule has 0 atom stereocenters. The maximum absolute atomic E-state index is 12.1. The van der Waals surface area contributed by atoms with Gasteiger partial charge in [-0.25, -0.2) is 13.1 Å². The van der Waals surface area contributed by atoms with Gasteiger partial charge in [0.25, 0.3) is 10.0 Å². The fourth-order valence-electron chi connectivity index (χ4n) is 1.60. The predicted molar refractivity (Wildman–Crippen MR) is 71.6 cm³/mol. The predicted octanol–water partition coefficient (Wildman–Crippen LogP) is 0.265. The zero-order valence-electron chi connectivity index (χ0n) is 10.7. The zero-order valence-corrected chi connectivity index (χ0v) is 12.4. The number of nitrogens with one attached hydrogen (secondary N) is 2. The third-order valence-electron chi connectivity index (χ3n) is 2.81. The first-order chi connectivity index (χ1) is 8.81. The van der Waals surface area contributed by atoms with Gasteiger partial charge in [0.2, 0.25) is 0 Å². The Balaban J connectivity index is 2.21. The van der Waals surface area contributed by atoms with Gasteiger partial charge in [-0.3, -0.25) is 9.48 Å². The van der Waals surface area contributed by atoms with Crippen LogP contribution in [0.15, 0.2) is 15.2 Å². The molecule has 0 saturated carbocycles. The lowest BCUT2D eigenvalue weighted by atomic mass is 10.3. The molecule has 104 valence electrons. The molecule has 0 amide bonds. The van der Waals surface area contributed by atoms with Crippen LogP contribution in [-0.2, 0) is 23.6 Å². The summed E-state index contributed by atoms with van der Waals surface area (Å²) in [5.74, 6) is 0. The molecule has 2 aromatic heterocycles. The van der Waals surface area contributed by atoms with Gasteiger partial charge in [0.05, 0.1) is 6.20 Å². The van der Waals surface area contributed by atoms with E-state index in [2.05, 4.69) is 14.8 Å². The average molecular weight is 302 g/mol. The summed E-state index contributed by atoms with van der Waals surface area (Å²) in [6.07, 6.45) is 1.62. The van der Waals surface area contributed by atoms with Gasteiger partial charge in [0, 0.05) is 30.5 Å². The number of H-pyrrole nitrogens is 1. The van der Waals surface area contributed by atoms with E-state index in [1.165, 1.54) is 0 Å². The number of aromatic nitrogens is 3. The van der Waals surface area contributed by atoms with Crippen molar-refractivity contribution in [2.75, 3.05) is 0 Å². The van der Waals surface area contributed by atoms with Crippen LogP contribution in [0, 0.1) is 13.8 Å². The molecule has 9 heteroatoms. The van der Waals surface area contributed by atoms with E-state index in [0.717, 1.165) is 11.3 Å². The standard InChI is InChI=1S/C10H14N4O3S2/c1-6-9(18-10(15)13-6)19(16,17)12-5-8-4-11-14(3)7(8)2/h4,12H,5H2,1-3H3,(H,13,15). The first-order valence-electron chi connectivity index (χ1n) is 5.48. The maximum atomic E-state index is 12.1. The summed E-state index contributed by atoms with van der Waals surface area (Å²) < 4.78 is 28.3. The van der Waals surface area contributed by atoms with E-state index in [4.69, 9.17) is 0 Å². The van der Waals surface area contributed by atoms with Gasteiger partial charge in [-0.1, -0.05) is 11.3 Å². The van der Waals surface area contributed by atoms with Crippen molar-refractivity contribution in [2.45, 2.75) is 24.6 Å². The van der Waals surface area contributed by atoms with Crippen LogP contribution in [0.3, 0.4) is 0 Å². The molecule has 0 radical (unpaired) electrons. The summed E-state index contributed by atoms with van der Waals surface area (Å²) in [6, 6.07) is 0. The first-order valence-corrected chi connectivity index (χ1v) is 7.78. The van der Waals surface area contributed by atoms with Crippen molar-refractivity contribution in [1.82, 2.24) is 19.5 Å². The zero-order chi connectivity index (χ0) is 14.2. The fraction of sp³-hybridized carbons (Fsp3) is 0.400. The quantitative estimate of drug-likeness (QED) is 0.847. The van der Waals surface area contributed by atoms with Crippen molar-refractivity contribution < 1.29 is 8.42 Å². The molecule has 19 heavy (non-hydrogen) atoms. The van der Waals surface area contributed by atoms with Gasteiger partial charge in [0.15, 0.2) is 4.21 Å². The Hall–Kier alpha value is -1.45.